The quantitative estimate of drug-likeness (QED) is 0.773. The first kappa shape index (κ1) is 15.2. The minimum absolute atomic E-state index is 0.377. The van der Waals surface area contributed by atoms with E-state index >= 15 is 0 Å². The van der Waals surface area contributed by atoms with Crippen LogP contribution in [0.5, 0.6) is 0 Å². The number of rotatable bonds is 2. The lowest BCUT2D eigenvalue weighted by atomic mass is 10.0. The molecule has 3 heteroatoms. The zero-order chi connectivity index (χ0) is 16.4. The number of aryl methyl sites for hydroxylation is 1. The molecule has 0 radical (unpaired) electrons. The van der Waals surface area contributed by atoms with Gasteiger partial charge in [-0.15, -0.1) is 0 Å². The van der Waals surface area contributed by atoms with Crippen LogP contribution in [0.3, 0.4) is 0 Å². The Bertz CT molecular complexity index is 990. The zero-order valence-corrected chi connectivity index (χ0v) is 12.8. The first-order valence-corrected chi connectivity index (χ1v) is 7.44. The molecule has 0 fully saturated rings. The Morgan fingerprint density at radius 3 is 2.57 bits per heavy atom. The van der Waals surface area contributed by atoms with Gasteiger partial charge in [-0.25, -0.2) is 8.78 Å². The average Bonchev–Trinajstić information content (AvgIpc) is 2.56. The van der Waals surface area contributed by atoms with E-state index in [1.54, 1.807) is 19.2 Å². The van der Waals surface area contributed by atoms with Crippen molar-refractivity contribution in [3.05, 3.63) is 81.7 Å². The highest BCUT2D eigenvalue weighted by molar-refractivity contribution is 5.83. The van der Waals surface area contributed by atoms with Crippen molar-refractivity contribution in [1.82, 2.24) is 0 Å². The van der Waals surface area contributed by atoms with Gasteiger partial charge in [-0.2, -0.15) is 0 Å². The van der Waals surface area contributed by atoms with Crippen molar-refractivity contribution in [2.24, 2.45) is 5.73 Å². The lowest BCUT2D eigenvalue weighted by Gasteiger charge is -2.04. The highest BCUT2D eigenvalue weighted by Gasteiger charge is 2.06. The van der Waals surface area contributed by atoms with Crippen molar-refractivity contribution < 1.29 is 8.78 Å². The van der Waals surface area contributed by atoms with Crippen molar-refractivity contribution in [2.45, 2.75) is 13.3 Å². The van der Waals surface area contributed by atoms with E-state index in [0.29, 0.717) is 17.5 Å². The Kier molecular flexibility index (Phi) is 4.11. The van der Waals surface area contributed by atoms with Crippen molar-refractivity contribution >= 4 is 23.0 Å². The molecule has 0 bridgehead atoms. The number of fused-ring (bicyclic) bond motifs is 1. The van der Waals surface area contributed by atoms with Gasteiger partial charge in [-0.3, -0.25) is 0 Å². The molecule has 0 saturated carbocycles. The normalized spacial score (nSPS) is 13.0. The van der Waals surface area contributed by atoms with E-state index < -0.39 is 11.6 Å². The van der Waals surface area contributed by atoms with Gasteiger partial charge in [0, 0.05) is 12.3 Å². The van der Waals surface area contributed by atoms with Gasteiger partial charge in [0.15, 0.2) is 0 Å². The van der Waals surface area contributed by atoms with Crippen LogP contribution in [-0.4, -0.2) is 0 Å². The van der Waals surface area contributed by atoms with Gasteiger partial charge in [0.2, 0.25) is 0 Å². The maximum Gasteiger partial charge on any atom is 0.129 e. The summed E-state index contributed by atoms with van der Waals surface area (Å²) in [5, 5.41) is 4.01. The number of hydrogen-bond donors (Lipinski definition) is 1. The molecule has 0 aliphatic carbocycles. The van der Waals surface area contributed by atoms with Crippen molar-refractivity contribution in [3.63, 3.8) is 0 Å². The summed E-state index contributed by atoms with van der Waals surface area (Å²) in [5.41, 5.74) is 6.63. The van der Waals surface area contributed by atoms with Crippen LogP contribution in [0.15, 0.2) is 48.5 Å². The van der Waals surface area contributed by atoms with E-state index in [2.05, 4.69) is 0 Å². The first-order valence-electron chi connectivity index (χ1n) is 7.44. The Balaban J connectivity index is 2.17. The monoisotopic (exact) mass is 309 g/mol. The molecular weight excluding hydrogens is 292 g/mol. The molecular formula is C20H17F2N. The fourth-order valence-corrected chi connectivity index (χ4v) is 2.77. The molecule has 0 unspecified atom stereocenters. The molecule has 0 spiro atoms. The van der Waals surface area contributed by atoms with Crippen molar-refractivity contribution in [3.8, 4) is 0 Å². The molecule has 0 saturated heterocycles. The predicted molar refractivity (Wildman–Crippen MR) is 91.1 cm³/mol. The third-order valence-electron chi connectivity index (χ3n) is 4.04. The molecule has 3 aromatic rings. The molecule has 23 heavy (non-hydrogen) atoms. The fraction of sp³-hybridized carbons (Fsp3) is 0.100. The molecule has 0 aliphatic rings. The maximum atomic E-state index is 13.9. The van der Waals surface area contributed by atoms with Crippen LogP contribution in [0.1, 0.15) is 11.1 Å². The lowest BCUT2D eigenvalue weighted by Crippen LogP contribution is -2.26. The lowest BCUT2D eigenvalue weighted by molar-refractivity contribution is 0.570. The minimum Gasteiger partial charge on any atom is -0.404 e. The van der Waals surface area contributed by atoms with Gasteiger partial charge >= 0.3 is 0 Å². The largest absolute Gasteiger partial charge is 0.404 e. The maximum absolute atomic E-state index is 13.9. The summed E-state index contributed by atoms with van der Waals surface area (Å²) in [6.45, 7) is 1.63. The van der Waals surface area contributed by atoms with Crippen LogP contribution >= 0.6 is 0 Å². The summed E-state index contributed by atoms with van der Waals surface area (Å²) >= 11 is 0. The third kappa shape index (κ3) is 2.95. The summed E-state index contributed by atoms with van der Waals surface area (Å²) in [6, 6.07) is 14.4. The number of hydrogen-bond acceptors (Lipinski definition) is 1. The molecule has 0 atom stereocenters. The van der Waals surface area contributed by atoms with E-state index in [1.807, 2.05) is 42.5 Å². The van der Waals surface area contributed by atoms with Gasteiger partial charge in [0.1, 0.15) is 11.6 Å². The summed E-state index contributed by atoms with van der Waals surface area (Å²) in [6.07, 6.45) is 3.86. The van der Waals surface area contributed by atoms with E-state index in [-0.39, 0.29) is 0 Å². The molecule has 3 aromatic carbocycles. The number of benzene rings is 3. The van der Waals surface area contributed by atoms with E-state index in [0.717, 1.165) is 27.3 Å². The molecule has 0 aromatic heterocycles. The Labute approximate surface area is 133 Å². The van der Waals surface area contributed by atoms with Crippen molar-refractivity contribution in [2.75, 3.05) is 0 Å². The van der Waals surface area contributed by atoms with Crippen LogP contribution in [0.25, 0.3) is 23.0 Å². The average molecular weight is 309 g/mol. The van der Waals surface area contributed by atoms with E-state index in [1.165, 1.54) is 0 Å². The second-order valence-corrected chi connectivity index (χ2v) is 5.56. The van der Waals surface area contributed by atoms with E-state index in [4.69, 9.17) is 5.73 Å². The Hall–Kier alpha value is -2.68. The topological polar surface area (TPSA) is 26.0 Å². The molecule has 3 rings (SSSR count). The summed E-state index contributed by atoms with van der Waals surface area (Å²) in [4.78, 5) is 0. The first-order chi connectivity index (χ1) is 11.1. The van der Waals surface area contributed by atoms with Gasteiger partial charge in [-0.1, -0.05) is 42.5 Å². The molecule has 0 heterocycles. The van der Waals surface area contributed by atoms with Gasteiger partial charge in [0.25, 0.3) is 0 Å². The minimum atomic E-state index is -0.525. The Morgan fingerprint density at radius 2 is 1.78 bits per heavy atom. The molecule has 116 valence electrons. The molecule has 0 aliphatic heterocycles. The predicted octanol–water partition coefficient (Wildman–Crippen LogP) is 3.15. The summed E-state index contributed by atoms with van der Waals surface area (Å²) in [5.74, 6) is -1.05. The standard InChI is InChI=1S/C20H17F2N/c1-13-10-15(20(22)11-19(13)21)8-9-18-16(12-23)7-6-14-4-2-3-5-17(14)18/h2-7,9-12H,8,23H2,1H3/b16-12-,18-9+. The second-order valence-electron chi connectivity index (χ2n) is 5.56. The summed E-state index contributed by atoms with van der Waals surface area (Å²) in [7, 11) is 0. The SMILES string of the molecule is Cc1cc(C/C=c2\c(=C/N)ccc3ccccc23)c(F)cc1F. The van der Waals surface area contributed by atoms with E-state index in [9.17, 15) is 8.78 Å². The summed E-state index contributed by atoms with van der Waals surface area (Å²) < 4.78 is 27.3. The van der Waals surface area contributed by atoms with Crippen LogP contribution < -0.4 is 16.2 Å². The molecule has 0 amide bonds. The highest BCUT2D eigenvalue weighted by Crippen LogP contribution is 2.15. The van der Waals surface area contributed by atoms with Crippen LogP contribution in [0, 0.1) is 18.6 Å². The zero-order valence-electron chi connectivity index (χ0n) is 12.8. The number of halogens is 2. The fourth-order valence-electron chi connectivity index (χ4n) is 2.77. The van der Waals surface area contributed by atoms with Gasteiger partial charge < -0.3 is 5.73 Å². The van der Waals surface area contributed by atoms with Crippen LogP contribution in [-0.2, 0) is 6.42 Å². The number of nitrogens with two attached hydrogens (primary N) is 1. The third-order valence-corrected chi connectivity index (χ3v) is 4.04. The van der Waals surface area contributed by atoms with Crippen LogP contribution in [0.2, 0.25) is 0 Å². The van der Waals surface area contributed by atoms with Crippen molar-refractivity contribution in [1.29, 1.82) is 0 Å². The van der Waals surface area contributed by atoms with Crippen LogP contribution in [0.4, 0.5) is 8.78 Å². The van der Waals surface area contributed by atoms with Gasteiger partial charge in [-0.05, 0) is 51.7 Å². The highest BCUT2D eigenvalue weighted by atomic mass is 19.1. The Morgan fingerprint density at radius 1 is 1.00 bits per heavy atom. The molecule has 1 nitrogen and oxygen atoms in total. The molecule has 2 N–H and O–H groups in total. The second kappa shape index (κ2) is 6.21. The smallest absolute Gasteiger partial charge is 0.129 e. The van der Waals surface area contributed by atoms with Gasteiger partial charge in [0.05, 0.1) is 0 Å².